The second kappa shape index (κ2) is 6.40. The van der Waals surface area contributed by atoms with Gasteiger partial charge in [-0.15, -0.1) is 16.4 Å². The Morgan fingerprint density at radius 3 is 2.03 bits per heavy atom. The first-order valence-electron chi connectivity index (χ1n) is 9.83. The lowest BCUT2D eigenvalue weighted by Crippen LogP contribution is -2.55. The Hall–Kier alpha value is -3.20. The quantitative estimate of drug-likeness (QED) is 0.420. The van der Waals surface area contributed by atoms with Gasteiger partial charge in [0.2, 0.25) is 0 Å². The topological polar surface area (TPSA) is 28.9 Å². The molecule has 0 aliphatic rings. The molecular weight excluding hydrogens is 372 g/mol. The van der Waals surface area contributed by atoms with Gasteiger partial charge in [0.1, 0.15) is 50.4 Å². The van der Waals surface area contributed by atoms with E-state index in [1.54, 1.807) is 0 Å². The van der Waals surface area contributed by atoms with Crippen LogP contribution >= 0.6 is 0 Å². The Morgan fingerprint density at radius 1 is 0.581 bits per heavy atom. The zero-order valence-electron chi connectivity index (χ0n) is 16.5. The summed E-state index contributed by atoms with van der Waals surface area (Å²) in [7, 11) is 30.7. The second-order valence-corrected chi connectivity index (χ2v) is 7.79. The Morgan fingerprint density at radius 2 is 1.26 bits per heavy atom. The predicted molar refractivity (Wildman–Crippen MR) is 135 cm³/mol. The number of aromatic nitrogens is 1. The highest BCUT2D eigenvalue weighted by atomic mass is 16.3. The molecule has 132 valence electrons. The van der Waals surface area contributed by atoms with Gasteiger partial charge < -0.3 is 9.40 Å². The van der Waals surface area contributed by atoms with Crippen molar-refractivity contribution in [2.75, 3.05) is 0 Å². The van der Waals surface area contributed by atoms with Gasteiger partial charge in [-0.2, -0.15) is 0 Å². The molecule has 6 rings (SSSR count). The Kier molecular flexibility index (Phi) is 3.83. The fraction of sp³-hybridized carbons (Fsp3) is 0. The normalized spacial score (nSPS) is 11.9. The van der Waals surface area contributed by atoms with E-state index in [1.165, 1.54) is 0 Å². The lowest BCUT2D eigenvalue weighted by molar-refractivity contribution is 0.669. The third-order valence-electron chi connectivity index (χ3n) is 6.09. The van der Waals surface area contributed by atoms with Gasteiger partial charge in [-0.25, -0.2) is 0 Å². The van der Waals surface area contributed by atoms with Gasteiger partial charge in [0, 0.05) is 32.6 Å². The highest BCUT2D eigenvalue weighted by Crippen LogP contribution is 2.39. The van der Waals surface area contributed by atoms with Crippen molar-refractivity contribution < 1.29 is 4.42 Å². The van der Waals surface area contributed by atoms with Crippen molar-refractivity contribution in [2.45, 2.75) is 0 Å². The molecule has 0 aliphatic carbocycles. The summed E-state index contributed by atoms with van der Waals surface area (Å²) in [6.07, 6.45) is 0. The molecule has 2 aromatic heterocycles. The number of furan rings is 1. The zero-order valence-corrected chi connectivity index (χ0v) is 16.5. The van der Waals surface area contributed by atoms with Crippen molar-refractivity contribution in [2.24, 2.45) is 0 Å². The summed E-state index contributed by atoms with van der Waals surface area (Å²) in [5, 5.41) is 4.23. The van der Waals surface area contributed by atoms with Crippen LogP contribution in [0.3, 0.4) is 0 Å². The number of rotatable bonds is 1. The number of H-pyrrole nitrogens is 1. The molecule has 0 atom stereocenters. The molecule has 2 heterocycles. The smallest absolute Gasteiger partial charge is 0.136 e. The number of hydrogen-bond acceptors (Lipinski definition) is 1. The second-order valence-electron chi connectivity index (χ2n) is 7.79. The van der Waals surface area contributed by atoms with E-state index in [0.717, 1.165) is 49.3 Å². The van der Waals surface area contributed by atoms with E-state index in [9.17, 15) is 0 Å². The van der Waals surface area contributed by atoms with Gasteiger partial charge in [0.05, 0.1) is 0 Å². The number of benzene rings is 4. The summed E-state index contributed by atoms with van der Waals surface area (Å²) in [5.74, 6) is 0. The van der Waals surface area contributed by atoms with Crippen LogP contribution in [0.25, 0.3) is 54.9 Å². The molecule has 31 heavy (non-hydrogen) atoms. The highest BCUT2D eigenvalue weighted by molar-refractivity contribution is 6.68. The Labute approximate surface area is 185 Å². The number of hydrogen-bond donors (Lipinski definition) is 1. The van der Waals surface area contributed by atoms with E-state index in [0.29, 0.717) is 16.5 Å². The SMILES string of the molecule is [B]c1c([B])c([B])c(-c2ccc3[nH]c4ccc5oc6ccccc6c5c4c3c2)c([B])c1[B]. The first-order chi connectivity index (χ1) is 15.0. The number of nitrogens with one attached hydrogen (secondary N) is 1. The monoisotopic (exact) mass is 383 g/mol. The molecule has 0 amide bonds. The van der Waals surface area contributed by atoms with E-state index in [1.807, 2.05) is 48.5 Å². The largest absolute Gasteiger partial charge is 0.456 e. The first kappa shape index (κ1) is 18.6. The van der Waals surface area contributed by atoms with Gasteiger partial charge >= 0.3 is 0 Å². The van der Waals surface area contributed by atoms with E-state index >= 15 is 0 Å². The fourth-order valence-corrected chi connectivity index (χ4v) is 4.52. The minimum absolute atomic E-state index is 0.207. The molecule has 0 bridgehead atoms. The van der Waals surface area contributed by atoms with Crippen molar-refractivity contribution in [3.8, 4) is 11.1 Å². The van der Waals surface area contributed by atoms with Crippen molar-refractivity contribution in [1.82, 2.24) is 4.98 Å². The van der Waals surface area contributed by atoms with Crippen molar-refractivity contribution >= 4 is 110 Å². The summed E-state index contributed by atoms with van der Waals surface area (Å²) >= 11 is 0. The summed E-state index contributed by atoms with van der Waals surface area (Å²) in [6.45, 7) is 0. The number of aromatic amines is 1. The van der Waals surface area contributed by atoms with E-state index in [4.69, 9.17) is 43.6 Å². The van der Waals surface area contributed by atoms with Crippen molar-refractivity contribution in [3.63, 3.8) is 0 Å². The summed E-state index contributed by atoms with van der Waals surface area (Å²) in [4.78, 5) is 3.49. The standard InChI is InChI=1S/C24H10B5NO/c25-20-17(21(26)23(28)24(29)22(20)27)10-5-6-13-12(9-10)18-14(30-13)7-8-16-19(18)11-3-1-2-4-15(11)31-16/h1-9,30H. The van der Waals surface area contributed by atoms with Crippen LogP contribution in [-0.2, 0) is 0 Å². The van der Waals surface area contributed by atoms with Crippen LogP contribution in [0.15, 0.2) is 59.0 Å². The van der Waals surface area contributed by atoms with Gasteiger partial charge in [-0.3, -0.25) is 0 Å². The first-order valence-corrected chi connectivity index (χ1v) is 9.83. The molecule has 0 aliphatic heterocycles. The molecule has 10 radical (unpaired) electrons. The highest BCUT2D eigenvalue weighted by Gasteiger charge is 2.17. The molecule has 0 unspecified atom stereocenters. The summed E-state index contributed by atoms with van der Waals surface area (Å²) in [5.41, 5.74) is 6.42. The molecule has 2 nitrogen and oxygen atoms in total. The third kappa shape index (κ3) is 2.46. The molecule has 0 spiro atoms. The molecule has 6 aromatic rings. The molecule has 7 heteroatoms. The van der Waals surface area contributed by atoms with Crippen LogP contribution in [-0.4, -0.2) is 44.2 Å². The average molecular weight is 382 g/mol. The fourth-order valence-electron chi connectivity index (χ4n) is 4.52. The molecule has 1 N–H and O–H groups in total. The minimum atomic E-state index is 0.207. The third-order valence-corrected chi connectivity index (χ3v) is 6.09. The van der Waals surface area contributed by atoms with Crippen LogP contribution in [0, 0.1) is 0 Å². The predicted octanol–water partition coefficient (Wildman–Crippen LogP) is 0.857. The molecule has 0 fully saturated rings. The van der Waals surface area contributed by atoms with Crippen molar-refractivity contribution in [3.05, 3.63) is 54.6 Å². The molecule has 4 aromatic carbocycles. The van der Waals surface area contributed by atoms with Crippen LogP contribution < -0.4 is 27.3 Å². The van der Waals surface area contributed by atoms with Gasteiger partial charge in [0.15, 0.2) is 0 Å². The Bertz CT molecular complexity index is 1670. The number of fused-ring (bicyclic) bond motifs is 7. The average Bonchev–Trinajstić information content (AvgIpc) is 3.34. The maximum atomic E-state index is 6.30. The zero-order chi connectivity index (χ0) is 21.4. The summed E-state index contributed by atoms with van der Waals surface area (Å²) < 4.78 is 6.08. The van der Waals surface area contributed by atoms with Crippen LogP contribution in [0.5, 0.6) is 0 Å². The lowest BCUT2D eigenvalue weighted by Gasteiger charge is -2.21. The maximum absolute atomic E-state index is 6.30. The van der Waals surface area contributed by atoms with Gasteiger partial charge in [0.25, 0.3) is 0 Å². The van der Waals surface area contributed by atoms with Crippen LogP contribution in [0.1, 0.15) is 0 Å². The molecule has 0 saturated carbocycles. The van der Waals surface area contributed by atoms with E-state index in [-0.39, 0.29) is 16.4 Å². The number of para-hydroxylation sites is 1. The van der Waals surface area contributed by atoms with Gasteiger partial charge in [-0.05, 0) is 41.5 Å². The van der Waals surface area contributed by atoms with Gasteiger partial charge in [-0.1, -0.05) is 35.2 Å². The van der Waals surface area contributed by atoms with Crippen LogP contribution in [0.2, 0.25) is 0 Å². The van der Waals surface area contributed by atoms with E-state index < -0.39 is 0 Å². The Balaban J connectivity index is 1.75. The molecule has 0 saturated heterocycles. The minimum Gasteiger partial charge on any atom is -0.456 e. The lowest BCUT2D eigenvalue weighted by atomic mass is 9.59. The maximum Gasteiger partial charge on any atom is 0.136 e. The van der Waals surface area contributed by atoms with E-state index in [2.05, 4.69) is 11.1 Å². The van der Waals surface area contributed by atoms with Crippen molar-refractivity contribution in [1.29, 1.82) is 0 Å². The molecular formula is C24H10B5NO. The van der Waals surface area contributed by atoms with Crippen LogP contribution in [0.4, 0.5) is 0 Å². The summed E-state index contributed by atoms with van der Waals surface area (Å²) in [6, 6.07) is 18.0.